The van der Waals surface area contributed by atoms with Crippen molar-refractivity contribution >= 4 is 40.0 Å². The summed E-state index contributed by atoms with van der Waals surface area (Å²) in [7, 11) is 0. The Kier molecular flexibility index (Phi) is 6.06. The molecule has 0 aliphatic rings. The highest BCUT2D eigenvalue weighted by Gasteiger charge is 2.16. The number of ether oxygens (including phenoxy) is 1. The minimum Gasteiger partial charge on any atom is -0.494 e. The largest absolute Gasteiger partial charge is 0.494 e. The summed E-state index contributed by atoms with van der Waals surface area (Å²) < 4.78 is 9.44. The zero-order chi connectivity index (χ0) is 20.2. The van der Waals surface area contributed by atoms with Crippen LogP contribution >= 0.6 is 23.4 Å². The third-order valence-electron chi connectivity index (χ3n) is 4.53. The van der Waals surface area contributed by atoms with Crippen molar-refractivity contribution < 1.29 is 4.74 Å². The zero-order valence-corrected chi connectivity index (χ0v) is 17.6. The van der Waals surface area contributed by atoms with Gasteiger partial charge in [-0.15, -0.1) is 10.2 Å². The quantitative estimate of drug-likeness (QED) is 0.301. The average Bonchev–Trinajstić information content (AvgIpc) is 3.16. The van der Waals surface area contributed by atoms with Crippen molar-refractivity contribution in [2.24, 2.45) is 0 Å². The van der Waals surface area contributed by atoms with Crippen LogP contribution in [0.3, 0.4) is 0 Å². The summed E-state index contributed by atoms with van der Waals surface area (Å²) in [5.74, 6) is 2.23. The number of benzene rings is 2. The fraction of sp³-hybridized carbons (Fsp3) is 0.286. The number of halogens is 1. The summed E-state index contributed by atoms with van der Waals surface area (Å²) in [6.45, 7) is 3.27. The number of rotatable bonds is 8. The molecule has 2 heterocycles. The lowest BCUT2D eigenvalue weighted by molar-refractivity contribution is 0.318. The van der Waals surface area contributed by atoms with Crippen molar-refractivity contribution in [3.8, 4) is 5.75 Å². The number of aromatic nitrogens is 4. The summed E-state index contributed by atoms with van der Waals surface area (Å²) in [6, 6.07) is 15.0. The van der Waals surface area contributed by atoms with Crippen LogP contribution in [0.15, 0.2) is 58.5 Å². The molecule has 0 amide bonds. The lowest BCUT2D eigenvalue weighted by atomic mass is 10.2. The van der Waals surface area contributed by atoms with Crippen molar-refractivity contribution in [2.45, 2.75) is 31.5 Å². The molecule has 2 aromatic carbocycles. The van der Waals surface area contributed by atoms with E-state index in [0.717, 1.165) is 35.0 Å². The minimum absolute atomic E-state index is 0.0183. The molecule has 4 aromatic rings. The Morgan fingerprint density at radius 3 is 2.69 bits per heavy atom. The van der Waals surface area contributed by atoms with Gasteiger partial charge in [-0.1, -0.05) is 42.4 Å². The highest BCUT2D eigenvalue weighted by Crippen LogP contribution is 2.22. The average molecular weight is 429 g/mol. The van der Waals surface area contributed by atoms with Crippen molar-refractivity contribution in [1.29, 1.82) is 0 Å². The highest BCUT2D eigenvalue weighted by atomic mass is 35.5. The van der Waals surface area contributed by atoms with Gasteiger partial charge in [0, 0.05) is 17.3 Å². The molecule has 0 aliphatic heterocycles. The number of hydrogen-bond donors (Lipinski definition) is 0. The minimum atomic E-state index is -0.0183. The van der Waals surface area contributed by atoms with Crippen LogP contribution in [0.1, 0.15) is 19.8 Å². The number of nitrogens with zero attached hydrogens (tertiary/aromatic N) is 4. The van der Waals surface area contributed by atoms with Gasteiger partial charge in [0.1, 0.15) is 5.75 Å². The molecule has 4 rings (SSSR count). The van der Waals surface area contributed by atoms with Crippen LogP contribution < -0.4 is 10.3 Å². The van der Waals surface area contributed by atoms with Crippen LogP contribution in [0, 0.1) is 0 Å². The smallest absolute Gasteiger partial charge is 0.262 e. The van der Waals surface area contributed by atoms with Gasteiger partial charge in [0.05, 0.1) is 17.5 Å². The first kappa shape index (κ1) is 19.8. The summed E-state index contributed by atoms with van der Waals surface area (Å²) >= 11 is 7.50. The molecule has 0 saturated carbocycles. The maximum Gasteiger partial charge on any atom is 0.262 e. The van der Waals surface area contributed by atoms with Crippen LogP contribution in [0.25, 0.3) is 16.7 Å². The van der Waals surface area contributed by atoms with Gasteiger partial charge in [-0.3, -0.25) is 13.8 Å². The number of para-hydroxylation sites is 1. The van der Waals surface area contributed by atoms with Gasteiger partial charge in [0.25, 0.3) is 5.56 Å². The van der Waals surface area contributed by atoms with Gasteiger partial charge < -0.3 is 4.74 Å². The Bertz CT molecular complexity index is 1190. The van der Waals surface area contributed by atoms with E-state index in [1.54, 1.807) is 16.3 Å². The Balaban J connectivity index is 1.52. The predicted octanol–water partition coefficient (Wildman–Crippen LogP) is 4.67. The third-order valence-corrected chi connectivity index (χ3v) is 5.79. The van der Waals surface area contributed by atoms with E-state index in [1.165, 1.54) is 0 Å². The molecule has 0 spiro atoms. The molecule has 6 nitrogen and oxygen atoms in total. The summed E-state index contributed by atoms with van der Waals surface area (Å²) in [6.07, 6.45) is 1.71. The van der Waals surface area contributed by atoms with E-state index >= 15 is 0 Å². The molecule has 0 fully saturated rings. The van der Waals surface area contributed by atoms with E-state index in [4.69, 9.17) is 16.3 Å². The molecule has 0 bridgehead atoms. The monoisotopic (exact) mass is 428 g/mol. The summed E-state index contributed by atoms with van der Waals surface area (Å²) in [5.41, 5.74) is 0.819. The zero-order valence-electron chi connectivity index (χ0n) is 16.0. The second kappa shape index (κ2) is 8.88. The first-order valence-corrected chi connectivity index (χ1v) is 10.9. The number of aryl methyl sites for hydroxylation is 1. The second-order valence-electron chi connectivity index (χ2n) is 6.60. The first-order chi connectivity index (χ1) is 14.2. The Morgan fingerprint density at radius 1 is 1.10 bits per heavy atom. The Labute approximate surface area is 177 Å². The van der Waals surface area contributed by atoms with Gasteiger partial charge in [-0.25, -0.2) is 0 Å². The fourth-order valence-electron chi connectivity index (χ4n) is 3.20. The first-order valence-electron chi connectivity index (χ1n) is 9.57. The van der Waals surface area contributed by atoms with Crippen LogP contribution in [-0.4, -0.2) is 31.5 Å². The van der Waals surface area contributed by atoms with Gasteiger partial charge in [-0.2, -0.15) is 0 Å². The lowest BCUT2D eigenvalue weighted by Crippen LogP contribution is -2.23. The molecular weight excluding hydrogens is 408 g/mol. The van der Waals surface area contributed by atoms with Gasteiger partial charge in [0.2, 0.25) is 5.78 Å². The van der Waals surface area contributed by atoms with Crippen molar-refractivity contribution in [1.82, 2.24) is 19.2 Å². The standard InChI is InChI=1S/C21H21ClN4O2S/c1-2-12-25-19(27)17-6-3-4-7-18(17)26-20(25)23-24-21(26)29-14-5-13-28-16-10-8-15(22)9-11-16/h3-4,6-11H,2,5,12-14H2,1H3. The molecule has 0 unspecified atom stereocenters. The van der Waals surface area contributed by atoms with Crippen LogP contribution in [0.2, 0.25) is 5.02 Å². The normalized spacial score (nSPS) is 11.4. The lowest BCUT2D eigenvalue weighted by Gasteiger charge is -2.10. The maximum atomic E-state index is 12.8. The Morgan fingerprint density at radius 2 is 1.90 bits per heavy atom. The summed E-state index contributed by atoms with van der Waals surface area (Å²) in [4.78, 5) is 12.8. The maximum absolute atomic E-state index is 12.8. The number of hydrogen-bond acceptors (Lipinski definition) is 5. The Hall–Kier alpha value is -2.51. The number of thioether (sulfide) groups is 1. The molecule has 0 N–H and O–H groups in total. The highest BCUT2D eigenvalue weighted by molar-refractivity contribution is 7.99. The predicted molar refractivity (Wildman–Crippen MR) is 117 cm³/mol. The van der Waals surface area contributed by atoms with Gasteiger partial charge >= 0.3 is 0 Å². The van der Waals surface area contributed by atoms with Crippen molar-refractivity contribution in [2.75, 3.05) is 12.4 Å². The van der Waals surface area contributed by atoms with E-state index in [0.29, 0.717) is 29.3 Å². The van der Waals surface area contributed by atoms with E-state index in [1.807, 2.05) is 59.9 Å². The van der Waals surface area contributed by atoms with E-state index < -0.39 is 0 Å². The van der Waals surface area contributed by atoms with Gasteiger partial charge in [0.15, 0.2) is 5.16 Å². The topological polar surface area (TPSA) is 61.4 Å². The van der Waals surface area contributed by atoms with Crippen molar-refractivity contribution in [3.05, 3.63) is 63.9 Å². The molecule has 29 heavy (non-hydrogen) atoms. The molecule has 8 heteroatoms. The van der Waals surface area contributed by atoms with E-state index in [9.17, 15) is 4.79 Å². The SMILES string of the molecule is CCCn1c(=O)c2ccccc2n2c(SCCCOc3ccc(Cl)cc3)nnc12. The fourth-order valence-corrected chi connectivity index (χ4v) is 4.17. The molecule has 0 atom stereocenters. The third kappa shape index (κ3) is 4.11. The van der Waals surface area contributed by atoms with Crippen molar-refractivity contribution in [3.63, 3.8) is 0 Å². The van der Waals surface area contributed by atoms with Crippen LogP contribution in [0.4, 0.5) is 0 Å². The van der Waals surface area contributed by atoms with Gasteiger partial charge in [-0.05, 0) is 49.2 Å². The molecular formula is C21H21ClN4O2S. The van der Waals surface area contributed by atoms with Crippen LogP contribution in [-0.2, 0) is 6.54 Å². The van der Waals surface area contributed by atoms with E-state index in [-0.39, 0.29) is 5.56 Å². The molecule has 0 aliphatic carbocycles. The van der Waals surface area contributed by atoms with E-state index in [2.05, 4.69) is 10.2 Å². The second-order valence-corrected chi connectivity index (χ2v) is 8.09. The number of fused-ring (bicyclic) bond motifs is 3. The molecule has 0 radical (unpaired) electrons. The molecule has 150 valence electrons. The summed E-state index contributed by atoms with van der Waals surface area (Å²) in [5, 5.41) is 10.8. The molecule has 2 aromatic heterocycles. The van der Waals surface area contributed by atoms with Crippen LogP contribution in [0.5, 0.6) is 5.75 Å². The molecule has 0 saturated heterocycles.